The maximum Gasteiger partial charge on any atom is 0.306 e. The second kappa shape index (κ2) is 34.7. The molecule has 0 aromatic rings. The zero-order valence-electron chi connectivity index (χ0n) is 29.3. The molecule has 0 aromatic carbocycles. The molecule has 6 nitrogen and oxygen atoms in total. The number of carbonyl (C=O) groups excluding carboxylic acids is 2. The van der Waals surface area contributed by atoms with Crippen LogP contribution in [-0.4, -0.2) is 47.6 Å². The van der Waals surface area contributed by atoms with E-state index < -0.39 is 0 Å². The van der Waals surface area contributed by atoms with Crippen molar-refractivity contribution in [1.82, 2.24) is 0 Å². The van der Waals surface area contributed by atoms with Crippen molar-refractivity contribution < 1.29 is 29.3 Å². The zero-order chi connectivity index (χ0) is 32.4. The molecule has 0 amide bonds. The van der Waals surface area contributed by atoms with Gasteiger partial charge in [0.05, 0.1) is 12.7 Å². The summed E-state index contributed by atoms with van der Waals surface area (Å²) < 4.78 is 10.8. The quantitative estimate of drug-likeness (QED) is 0.0537. The summed E-state index contributed by atoms with van der Waals surface area (Å²) in [6, 6.07) is 0. The molecule has 2 N–H and O–H groups in total. The van der Waals surface area contributed by atoms with E-state index in [0.717, 1.165) is 77.0 Å². The van der Waals surface area contributed by atoms with Crippen molar-refractivity contribution in [2.75, 3.05) is 13.2 Å². The first-order valence-corrected chi connectivity index (χ1v) is 19.2. The molecule has 0 aliphatic rings. The number of rotatable bonds is 35. The number of hydrogen-bond acceptors (Lipinski definition) is 6. The summed E-state index contributed by atoms with van der Waals surface area (Å²) >= 11 is 0. The molecule has 0 saturated carbocycles. The maximum atomic E-state index is 12.6. The van der Waals surface area contributed by atoms with Gasteiger partial charge in [0.25, 0.3) is 0 Å². The van der Waals surface area contributed by atoms with E-state index in [1.54, 1.807) is 0 Å². The van der Waals surface area contributed by atoms with E-state index in [9.17, 15) is 14.7 Å². The molecule has 262 valence electrons. The van der Waals surface area contributed by atoms with Gasteiger partial charge in [-0.05, 0) is 51.4 Å². The zero-order valence-corrected chi connectivity index (χ0v) is 29.3. The highest BCUT2D eigenvalue weighted by Crippen LogP contribution is 2.19. The van der Waals surface area contributed by atoms with Crippen LogP contribution in [0.4, 0.5) is 0 Å². The number of aliphatic hydroxyl groups is 2. The molecule has 0 aliphatic heterocycles. The van der Waals surface area contributed by atoms with Gasteiger partial charge in [0, 0.05) is 12.8 Å². The lowest BCUT2D eigenvalue weighted by atomic mass is 10.0. The van der Waals surface area contributed by atoms with Crippen molar-refractivity contribution in [3.8, 4) is 0 Å². The number of aliphatic hydroxyl groups excluding tert-OH is 2. The Kier molecular flexibility index (Phi) is 33.8. The summed E-state index contributed by atoms with van der Waals surface area (Å²) in [5, 5.41) is 18.8. The molecule has 2 unspecified atom stereocenters. The lowest BCUT2D eigenvalue weighted by molar-refractivity contribution is -0.150. The molecule has 0 bridgehead atoms. The fraction of sp³-hybridized carbons (Fsp3) is 0.947. The second-order valence-electron chi connectivity index (χ2n) is 13.1. The average Bonchev–Trinajstić information content (AvgIpc) is 3.01. The standard InChI is InChI=1S/C38H74O6/c1-3-5-7-21-27-35(40)28-22-17-13-9-11-16-20-26-32-38(42)44-36(29-23-8-6-4-2)30-24-18-14-10-12-15-19-25-31-37(41)43-34-33-39/h35-36,39-40H,3-34H2,1-2H3. The van der Waals surface area contributed by atoms with Gasteiger partial charge < -0.3 is 19.7 Å². The third-order valence-electron chi connectivity index (χ3n) is 8.75. The molecule has 0 aromatic heterocycles. The lowest BCUT2D eigenvalue weighted by Gasteiger charge is -2.18. The van der Waals surface area contributed by atoms with Gasteiger partial charge in [0.1, 0.15) is 12.7 Å². The van der Waals surface area contributed by atoms with Crippen molar-refractivity contribution in [2.45, 2.75) is 219 Å². The Hall–Kier alpha value is -1.14. The predicted octanol–water partition coefficient (Wildman–Crippen LogP) is 10.5. The van der Waals surface area contributed by atoms with Crippen LogP contribution >= 0.6 is 0 Å². The summed E-state index contributed by atoms with van der Waals surface area (Å²) in [7, 11) is 0. The van der Waals surface area contributed by atoms with E-state index >= 15 is 0 Å². The minimum atomic E-state index is -0.206. The molecule has 0 radical (unpaired) electrons. The third-order valence-corrected chi connectivity index (χ3v) is 8.75. The van der Waals surface area contributed by atoms with Crippen LogP contribution in [0.3, 0.4) is 0 Å². The number of carbonyl (C=O) groups is 2. The summed E-state index contributed by atoms with van der Waals surface area (Å²) in [4.78, 5) is 24.0. The van der Waals surface area contributed by atoms with Crippen LogP contribution in [0.15, 0.2) is 0 Å². The molecule has 44 heavy (non-hydrogen) atoms. The van der Waals surface area contributed by atoms with Crippen LogP contribution in [0.2, 0.25) is 0 Å². The Morgan fingerprint density at radius 2 is 0.864 bits per heavy atom. The maximum absolute atomic E-state index is 12.6. The fourth-order valence-corrected chi connectivity index (χ4v) is 5.90. The Bertz CT molecular complexity index is 610. The van der Waals surface area contributed by atoms with Crippen molar-refractivity contribution in [1.29, 1.82) is 0 Å². The van der Waals surface area contributed by atoms with Gasteiger partial charge in [0.15, 0.2) is 0 Å². The Labute approximate surface area is 272 Å². The monoisotopic (exact) mass is 627 g/mol. The minimum absolute atomic E-state index is 0.000939. The normalized spacial score (nSPS) is 12.7. The van der Waals surface area contributed by atoms with E-state index in [-0.39, 0.29) is 37.4 Å². The van der Waals surface area contributed by atoms with Gasteiger partial charge in [-0.1, -0.05) is 142 Å². The molecule has 6 heteroatoms. The van der Waals surface area contributed by atoms with E-state index in [2.05, 4.69) is 13.8 Å². The van der Waals surface area contributed by atoms with Crippen molar-refractivity contribution in [3.63, 3.8) is 0 Å². The highest BCUT2D eigenvalue weighted by atomic mass is 16.5. The van der Waals surface area contributed by atoms with Crippen LogP contribution in [-0.2, 0) is 19.1 Å². The molecular formula is C38H74O6. The van der Waals surface area contributed by atoms with Crippen LogP contribution in [0, 0.1) is 0 Å². The van der Waals surface area contributed by atoms with E-state index in [1.807, 2.05) is 0 Å². The highest BCUT2D eigenvalue weighted by Gasteiger charge is 2.14. The molecule has 0 saturated heterocycles. The highest BCUT2D eigenvalue weighted by molar-refractivity contribution is 5.69. The minimum Gasteiger partial charge on any atom is -0.463 e. The molecule has 0 rings (SSSR count). The summed E-state index contributed by atoms with van der Waals surface area (Å²) in [5.74, 6) is -0.207. The fourth-order valence-electron chi connectivity index (χ4n) is 5.90. The third kappa shape index (κ3) is 32.3. The van der Waals surface area contributed by atoms with Crippen LogP contribution < -0.4 is 0 Å². The van der Waals surface area contributed by atoms with Gasteiger partial charge in [-0.3, -0.25) is 9.59 Å². The Morgan fingerprint density at radius 3 is 1.30 bits per heavy atom. The van der Waals surface area contributed by atoms with Crippen molar-refractivity contribution in [2.24, 2.45) is 0 Å². The van der Waals surface area contributed by atoms with E-state index in [4.69, 9.17) is 14.6 Å². The first kappa shape index (κ1) is 42.9. The number of esters is 2. The first-order chi connectivity index (χ1) is 21.5. The molecule has 0 spiro atoms. The summed E-state index contributed by atoms with van der Waals surface area (Å²) in [6.45, 7) is 4.45. The summed E-state index contributed by atoms with van der Waals surface area (Å²) in [6.07, 6.45) is 33.1. The smallest absolute Gasteiger partial charge is 0.306 e. The Balaban J connectivity index is 3.84. The average molecular weight is 627 g/mol. The summed E-state index contributed by atoms with van der Waals surface area (Å²) in [5.41, 5.74) is 0. The van der Waals surface area contributed by atoms with Crippen molar-refractivity contribution >= 4 is 11.9 Å². The number of hydrogen-bond donors (Lipinski definition) is 2. The number of ether oxygens (including phenoxy) is 2. The van der Waals surface area contributed by atoms with Crippen LogP contribution in [0.1, 0.15) is 206 Å². The van der Waals surface area contributed by atoms with Gasteiger partial charge in [-0.25, -0.2) is 0 Å². The first-order valence-electron chi connectivity index (χ1n) is 19.2. The van der Waals surface area contributed by atoms with Gasteiger partial charge in [-0.15, -0.1) is 0 Å². The molecule has 0 fully saturated rings. The number of unbranched alkanes of at least 4 members (excludes halogenated alkanes) is 20. The van der Waals surface area contributed by atoms with E-state index in [1.165, 1.54) is 103 Å². The molecular weight excluding hydrogens is 552 g/mol. The lowest BCUT2D eigenvalue weighted by Crippen LogP contribution is -2.18. The van der Waals surface area contributed by atoms with Crippen LogP contribution in [0.5, 0.6) is 0 Å². The van der Waals surface area contributed by atoms with Crippen LogP contribution in [0.25, 0.3) is 0 Å². The van der Waals surface area contributed by atoms with Gasteiger partial charge in [0.2, 0.25) is 0 Å². The van der Waals surface area contributed by atoms with E-state index in [0.29, 0.717) is 12.8 Å². The van der Waals surface area contributed by atoms with Crippen molar-refractivity contribution in [3.05, 3.63) is 0 Å². The molecule has 0 aliphatic carbocycles. The predicted molar refractivity (Wildman–Crippen MR) is 184 cm³/mol. The molecule has 2 atom stereocenters. The topological polar surface area (TPSA) is 93.1 Å². The Morgan fingerprint density at radius 1 is 0.500 bits per heavy atom. The molecule has 0 heterocycles. The van der Waals surface area contributed by atoms with Gasteiger partial charge >= 0.3 is 11.9 Å². The largest absolute Gasteiger partial charge is 0.463 e. The van der Waals surface area contributed by atoms with Gasteiger partial charge in [-0.2, -0.15) is 0 Å². The SMILES string of the molecule is CCCCCCC(O)CCCCCCCCCCC(=O)OC(CCCCCC)CCCCCCCCCCC(=O)OCCO. The second-order valence-corrected chi connectivity index (χ2v) is 13.1.